The van der Waals surface area contributed by atoms with Gasteiger partial charge < -0.3 is 108 Å². The van der Waals surface area contributed by atoms with Crippen LogP contribution in [0.5, 0.6) is 0 Å². The van der Waals surface area contributed by atoms with Gasteiger partial charge in [0.1, 0.15) is 60.4 Å². The van der Waals surface area contributed by atoms with Crippen molar-refractivity contribution in [3.05, 3.63) is 0 Å². The Morgan fingerprint density at radius 1 is 0.378 bits per heavy atom. The van der Waals surface area contributed by atoms with E-state index in [9.17, 15) is 82.4 Å². The number of guanidine groups is 1. The molecule has 0 aromatic heterocycles. The zero-order chi connectivity index (χ0) is 68.8. The highest BCUT2D eigenvalue weighted by Crippen LogP contribution is 2.13. The standard InChI is InChI=1S/C55H100N18O17/c1-28(2)24-37(51(86)69-36(18-19-42(75)76)49(84)71-38(25-29(3)4)52(87)68-35(17-9-12-22-58)48(83)73-40(27-43(77)78)50(85)65-31(6)54(89)90)70-44(79)30(5)64-46(81)33(15-7-10-20-56)67-53(88)39(26-41(60)74)72-47(82)34(16-8-11-21-57)66-45(80)32(59)14-13-23-63-55(61)62/h28-40H,7-27,56-59H2,1-6H3,(H2,60,74)(H,64,81)(H,65,85)(H,66,80)(H,67,88)(H,68,87)(H,69,86)(H,70,79)(H,71,84)(H,72,82)(H,73,83)(H,75,76)(H,77,78)(H,89,90)(H4,61,62,63)/t30-,31-,32-,33-,34-,35-,36-,37-,38-,39-,40-/m0/s1. The molecule has 0 spiro atoms. The maximum atomic E-state index is 14.2. The van der Waals surface area contributed by atoms with E-state index in [0.29, 0.717) is 32.1 Å². The number of nitrogens with two attached hydrogens (primary N) is 6. The monoisotopic (exact) mass is 1280 g/mol. The Kier molecular flexibility index (Phi) is 40.1. The molecule has 35 nitrogen and oxygen atoms in total. The van der Waals surface area contributed by atoms with E-state index >= 15 is 0 Å². The summed E-state index contributed by atoms with van der Waals surface area (Å²) in [6.45, 7) is 9.99. The van der Waals surface area contributed by atoms with Crippen molar-refractivity contribution in [3.63, 3.8) is 0 Å². The molecule has 35 heteroatoms. The number of unbranched alkanes of at least 4 members (excludes halogenated alkanes) is 3. The number of rotatable bonds is 48. The number of nitrogens with one attached hydrogen (secondary N) is 12. The number of aliphatic carboxylic acids is 3. The minimum absolute atomic E-state index is 0.0401. The molecular weight excluding hydrogens is 1180 g/mol. The molecule has 90 heavy (non-hydrogen) atoms. The van der Waals surface area contributed by atoms with Crippen molar-refractivity contribution in [2.75, 3.05) is 26.2 Å². The average molecular weight is 1290 g/mol. The molecule has 0 saturated carbocycles. The first-order chi connectivity index (χ1) is 42.2. The third-order valence-electron chi connectivity index (χ3n) is 13.6. The van der Waals surface area contributed by atoms with Gasteiger partial charge in [0.25, 0.3) is 0 Å². The number of primary amides is 1. The molecule has 0 bridgehead atoms. The number of hydrogen-bond donors (Lipinski definition) is 21. The topological polar surface area (TPSA) is 612 Å². The van der Waals surface area contributed by atoms with Crippen molar-refractivity contribution in [1.82, 2.24) is 58.5 Å². The molecule has 0 fully saturated rings. The van der Waals surface area contributed by atoms with Crippen LogP contribution in [0.4, 0.5) is 0 Å². The summed E-state index contributed by atoms with van der Waals surface area (Å²) in [5.41, 5.74) is 33.9. The van der Waals surface area contributed by atoms with Crippen LogP contribution in [-0.2, 0) is 67.1 Å². The first-order valence-corrected chi connectivity index (χ1v) is 30.1. The van der Waals surface area contributed by atoms with E-state index < -0.39 is 175 Å². The van der Waals surface area contributed by atoms with Crippen molar-refractivity contribution in [1.29, 1.82) is 5.41 Å². The van der Waals surface area contributed by atoms with Crippen LogP contribution in [-0.4, -0.2) is 197 Å². The number of carbonyl (C=O) groups is 14. The fourth-order valence-electron chi connectivity index (χ4n) is 8.66. The highest BCUT2D eigenvalue weighted by atomic mass is 16.4. The van der Waals surface area contributed by atoms with Crippen LogP contribution in [0.25, 0.3) is 0 Å². The van der Waals surface area contributed by atoms with E-state index in [1.54, 1.807) is 27.7 Å². The molecule has 0 aromatic carbocycles. The number of amides is 11. The van der Waals surface area contributed by atoms with Crippen LogP contribution in [0.1, 0.15) is 151 Å². The van der Waals surface area contributed by atoms with Gasteiger partial charge in [-0.25, -0.2) is 0 Å². The molecule has 27 N–H and O–H groups in total. The Morgan fingerprint density at radius 2 is 0.711 bits per heavy atom. The molecule has 0 aromatic rings. The van der Waals surface area contributed by atoms with Gasteiger partial charge in [-0.1, -0.05) is 27.7 Å². The summed E-state index contributed by atoms with van der Waals surface area (Å²) in [6.07, 6.45) is -0.800. The van der Waals surface area contributed by atoms with Crippen molar-refractivity contribution in [2.24, 2.45) is 46.2 Å². The summed E-state index contributed by atoms with van der Waals surface area (Å²) < 4.78 is 0. The number of hydrogen-bond acceptors (Lipinski definition) is 19. The highest BCUT2D eigenvalue weighted by Gasteiger charge is 2.36. The van der Waals surface area contributed by atoms with Gasteiger partial charge in [-0.2, -0.15) is 0 Å². The van der Waals surface area contributed by atoms with Gasteiger partial charge in [-0.3, -0.25) is 72.5 Å². The normalized spacial score (nSPS) is 14.8. The lowest BCUT2D eigenvalue weighted by atomic mass is 10.00. The second kappa shape index (κ2) is 44.2. The zero-order valence-electron chi connectivity index (χ0n) is 52.4. The van der Waals surface area contributed by atoms with Gasteiger partial charge in [0.05, 0.1) is 18.9 Å². The largest absolute Gasteiger partial charge is 0.481 e. The molecule has 0 aliphatic rings. The van der Waals surface area contributed by atoms with E-state index in [0.717, 1.165) is 6.92 Å². The van der Waals surface area contributed by atoms with Gasteiger partial charge in [-0.15, -0.1) is 0 Å². The lowest BCUT2D eigenvalue weighted by Crippen LogP contribution is -2.60. The van der Waals surface area contributed by atoms with Crippen LogP contribution in [0.3, 0.4) is 0 Å². The SMILES string of the molecule is CC(C)C[C@H](NC(=O)[C@H](C)NC(=O)[C@H](CCCCN)NC(=O)[C@H](CC(N)=O)NC(=O)[C@H](CCCCN)NC(=O)[C@@H](N)CCCNC(=N)N)C(=O)N[C@@H](CCC(=O)O)C(=O)N[C@@H](CC(C)C)C(=O)N[C@@H](CCCCN)C(=O)N[C@@H](CC(=O)O)C(=O)N[C@@H](C)C(=O)O. The molecule has 11 atom stereocenters. The smallest absolute Gasteiger partial charge is 0.325 e. The van der Waals surface area contributed by atoms with Crippen LogP contribution in [0.2, 0.25) is 0 Å². The molecule has 0 unspecified atom stereocenters. The van der Waals surface area contributed by atoms with E-state index in [1.165, 1.54) is 6.92 Å². The van der Waals surface area contributed by atoms with Crippen molar-refractivity contribution in [2.45, 2.75) is 217 Å². The predicted molar refractivity (Wildman–Crippen MR) is 326 cm³/mol. The second-order valence-corrected chi connectivity index (χ2v) is 22.7. The van der Waals surface area contributed by atoms with E-state index in [1.807, 2.05) is 0 Å². The molecule has 0 rings (SSSR count). The molecule has 512 valence electrons. The lowest BCUT2D eigenvalue weighted by Gasteiger charge is -2.28. The summed E-state index contributed by atoms with van der Waals surface area (Å²) in [5.74, 6) is -16.0. The Labute approximate surface area is 523 Å². The van der Waals surface area contributed by atoms with Crippen molar-refractivity contribution >= 4 is 88.8 Å². The maximum Gasteiger partial charge on any atom is 0.325 e. The van der Waals surface area contributed by atoms with Crippen molar-refractivity contribution in [3.8, 4) is 0 Å². The van der Waals surface area contributed by atoms with Crippen LogP contribution in [0, 0.1) is 17.2 Å². The highest BCUT2D eigenvalue weighted by molar-refractivity contribution is 6.00. The fraction of sp³-hybridized carbons (Fsp3) is 0.727. The number of carboxylic acids is 3. The first-order valence-electron chi connectivity index (χ1n) is 30.1. The molecule has 0 heterocycles. The summed E-state index contributed by atoms with van der Waals surface area (Å²) in [5, 5.41) is 62.6. The van der Waals surface area contributed by atoms with E-state index in [2.05, 4.69) is 58.5 Å². The third kappa shape index (κ3) is 35.0. The lowest BCUT2D eigenvalue weighted by molar-refractivity contribution is -0.143. The molecule has 11 amide bonds. The van der Waals surface area contributed by atoms with Crippen molar-refractivity contribution < 1.29 is 82.4 Å². The summed E-state index contributed by atoms with van der Waals surface area (Å²) in [4.78, 5) is 185. The summed E-state index contributed by atoms with van der Waals surface area (Å²) in [7, 11) is 0. The van der Waals surface area contributed by atoms with Crippen LogP contribution >= 0.6 is 0 Å². The van der Waals surface area contributed by atoms with Gasteiger partial charge in [0.2, 0.25) is 65.0 Å². The number of carboxylic acid groups (broad SMARTS) is 3. The second-order valence-electron chi connectivity index (χ2n) is 22.7. The molecule has 0 radical (unpaired) electrons. The van der Waals surface area contributed by atoms with Gasteiger partial charge in [0.15, 0.2) is 5.96 Å². The van der Waals surface area contributed by atoms with Crippen LogP contribution < -0.4 is 92.9 Å². The zero-order valence-corrected chi connectivity index (χ0v) is 52.4. The first kappa shape index (κ1) is 81.7. The Hall–Kier alpha value is -8.31. The quantitative estimate of drug-likeness (QED) is 0.0153. The molecular formula is C55H100N18O17. The minimum Gasteiger partial charge on any atom is -0.481 e. The summed E-state index contributed by atoms with van der Waals surface area (Å²) in [6, 6.07) is -16.3. The molecule has 0 aliphatic heterocycles. The summed E-state index contributed by atoms with van der Waals surface area (Å²) >= 11 is 0. The van der Waals surface area contributed by atoms with E-state index in [-0.39, 0.29) is 95.3 Å². The Morgan fingerprint density at radius 3 is 1.09 bits per heavy atom. The van der Waals surface area contributed by atoms with Gasteiger partial charge >= 0.3 is 17.9 Å². The minimum atomic E-state index is -1.79. The number of carbonyl (C=O) groups excluding carboxylic acids is 11. The fourth-order valence-corrected chi connectivity index (χ4v) is 8.66. The Bertz CT molecular complexity index is 2420. The predicted octanol–water partition coefficient (Wildman–Crippen LogP) is -5.76. The third-order valence-corrected chi connectivity index (χ3v) is 13.6. The van der Waals surface area contributed by atoms with Gasteiger partial charge in [-0.05, 0) is 135 Å². The molecule has 0 aliphatic carbocycles. The van der Waals surface area contributed by atoms with Crippen LogP contribution in [0.15, 0.2) is 0 Å². The van der Waals surface area contributed by atoms with Gasteiger partial charge in [0, 0.05) is 13.0 Å². The Balaban J connectivity index is 6.74. The average Bonchev–Trinajstić information content (AvgIpc) is 1.71. The molecule has 0 saturated heterocycles. The van der Waals surface area contributed by atoms with E-state index in [4.69, 9.17) is 39.8 Å². The maximum absolute atomic E-state index is 14.2.